The molecule has 3 rings (SSSR count). The van der Waals surface area contributed by atoms with E-state index >= 15 is 0 Å². The number of benzene rings is 1. The zero-order chi connectivity index (χ0) is 50.0. The lowest BCUT2D eigenvalue weighted by Crippen LogP contribution is -2.54. The number of likely N-dealkylation sites (tertiary alicyclic amines) is 1. The predicted molar refractivity (Wildman–Crippen MR) is 274 cm³/mol. The van der Waals surface area contributed by atoms with Gasteiger partial charge in [0.05, 0.1) is 41.6 Å². The number of methoxy groups -OCH3 is 2. The number of carbonyl (C=O) groups is 6. The SMILES string of the molecule is CCC(=O)N(C)CSSCCCC(=O)c1csc(C(CC(=O)C(C)C(OC)C2CCCN2C(=O)CC(OC)C(C(C)CC)N(C)C(=O)C(CC(=O)C(C)C(C)C)C(C)C)Cc2ccccc2)n1. The van der Waals surface area contributed by atoms with E-state index in [1.54, 1.807) is 59.7 Å². The van der Waals surface area contributed by atoms with Gasteiger partial charge in [-0.15, -0.1) is 11.3 Å². The fourth-order valence-corrected chi connectivity index (χ4v) is 12.2. The van der Waals surface area contributed by atoms with Crippen LogP contribution in [0.15, 0.2) is 35.7 Å². The minimum absolute atomic E-state index is 0.00341. The lowest BCUT2D eigenvalue weighted by molar-refractivity contribution is -0.149. The van der Waals surface area contributed by atoms with Gasteiger partial charge in [-0.3, -0.25) is 28.8 Å². The molecule has 9 unspecified atom stereocenters. The molecule has 0 aliphatic carbocycles. The maximum Gasteiger partial charge on any atom is 0.226 e. The van der Waals surface area contributed by atoms with Gasteiger partial charge >= 0.3 is 0 Å². The second kappa shape index (κ2) is 29.2. The molecule has 0 bridgehead atoms. The van der Waals surface area contributed by atoms with Gasteiger partial charge in [0, 0.05) is 95.3 Å². The number of amides is 3. The normalized spacial score (nSPS) is 17.7. The van der Waals surface area contributed by atoms with Crippen LogP contribution in [0.25, 0.3) is 0 Å². The number of carbonyl (C=O) groups excluding carboxylic acids is 6. The van der Waals surface area contributed by atoms with Gasteiger partial charge in [-0.1, -0.05) is 121 Å². The molecule has 1 aromatic carbocycles. The van der Waals surface area contributed by atoms with E-state index in [4.69, 9.17) is 14.5 Å². The summed E-state index contributed by atoms with van der Waals surface area (Å²) in [6, 6.07) is 9.25. The maximum atomic E-state index is 14.5. The second-order valence-electron chi connectivity index (χ2n) is 19.3. The third-order valence-corrected chi connectivity index (χ3v) is 17.5. The van der Waals surface area contributed by atoms with E-state index in [2.05, 4.69) is 13.8 Å². The van der Waals surface area contributed by atoms with Gasteiger partial charge in [0.2, 0.25) is 17.7 Å². The Bertz CT molecular complexity index is 1880. The molecule has 15 heteroatoms. The molecule has 3 amide bonds. The van der Waals surface area contributed by atoms with Crippen molar-refractivity contribution >= 4 is 68.0 Å². The Morgan fingerprint density at radius 3 is 2.13 bits per heavy atom. The molecule has 67 heavy (non-hydrogen) atoms. The highest BCUT2D eigenvalue weighted by Gasteiger charge is 2.43. The van der Waals surface area contributed by atoms with Crippen LogP contribution in [-0.2, 0) is 39.9 Å². The van der Waals surface area contributed by atoms with Crippen molar-refractivity contribution in [1.29, 1.82) is 0 Å². The number of aromatic nitrogens is 1. The second-order valence-corrected chi connectivity index (χ2v) is 22.8. The van der Waals surface area contributed by atoms with Crippen LogP contribution in [0.2, 0.25) is 0 Å². The largest absolute Gasteiger partial charge is 0.379 e. The van der Waals surface area contributed by atoms with Crippen molar-refractivity contribution in [3.63, 3.8) is 0 Å². The summed E-state index contributed by atoms with van der Waals surface area (Å²) in [6.45, 7) is 18.3. The summed E-state index contributed by atoms with van der Waals surface area (Å²) in [7, 11) is 10.0. The minimum atomic E-state index is -0.599. The monoisotopic (exact) mass is 987 g/mol. The van der Waals surface area contributed by atoms with E-state index in [0.717, 1.165) is 29.2 Å². The van der Waals surface area contributed by atoms with Gasteiger partial charge in [-0.2, -0.15) is 0 Å². The van der Waals surface area contributed by atoms with E-state index in [0.29, 0.717) is 50.2 Å². The third-order valence-electron chi connectivity index (χ3n) is 14.0. The van der Waals surface area contributed by atoms with Gasteiger partial charge in [-0.05, 0) is 49.0 Å². The van der Waals surface area contributed by atoms with E-state index < -0.39 is 30.1 Å². The smallest absolute Gasteiger partial charge is 0.226 e. The predicted octanol–water partition coefficient (Wildman–Crippen LogP) is 10.0. The lowest BCUT2D eigenvalue weighted by Gasteiger charge is -2.41. The molecule has 9 atom stereocenters. The third kappa shape index (κ3) is 17.1. The summed E-state index contributed by atoms with van der Waals surface area (Å²) < 4.78 is 12.2. The number of rotatable bonds is 31. The molecule has 1 aliphatic heterocycles. The van der Waals surface area contributed by atoms with E-state index in [1.165, 1.54) is 11.3 Å². The van der Waals surface area contributed by atoms with E-state index in [9.17, 15) is 28.8 Å². The molecule has 0 radical (unpaired) electrons. The van der Waals surface area contributed by atoms with Gasteiger partial charge in [0.15, 0.2) is 5.78 Å². The Labute approximate surface area is 414 Å². The summed E-state index contributed by atoms with van der Waals surface area (Å²) in [4.78, 5) is 91.7. The van der Waals surface area contributed by atoms with E-state index in [1.807, 2.05) is 89.1 Å². The van der Waals surface area contributed by atoms with Gasteiger partial charge in [-0.25, -0.2) is 4.98 Å². The molecule has 12 nitrogen and oxygen atoms in total. The number of hydrogen-bond acceptors (Lipinski definition) is 12. The Balaban J connectivity index is 1.76. The first-order valence-corrected chi connectivity index (χ1v) is 27.9. The summed E-state index contributed by atoms with van der Waals surface area (Å²) in [5.41, 5.74) is 1.49. The van der Waals surface area contributed by atoms with Crippen LogP contribution in [0.1, 0.15) is 147 Å². The molecule has 1 fully saturated rings. The molecular formula is C52H82N4O8S3. The van der Waals surface area contributed by atoms with E-state index in [-0.39, 0.29) is 90.0 Å². The number of nitrogens with zero attached hydrogens (tertiary/aromatic N) is 4. The van der Waals surface area contributed by atoms with Crippen molar-refractivity contribution in [2.75, 3.05) is 46.5 Å². The van der Waals surface area contributed by atoms with Crippen molar-refractivity contribution in [3.8, 4) is 0 Å². The summed E-state index contributed by atoms with van der Waals surface area (Å²) in [5.74, 6) is 0.0280. The maximum absolute atomic E-state index is 14.5. The molecule has 376 valence electrons. The van der Waals surface area contributed by atoms with Crippen molar-refractivity contribution < 1.29 is 38.2 Å². The van der Waals surface area contributed by atoms with Crippen molar-refractivity contribution in [3.05, 3.63) is 52.0 Å². The zero-order valence-corrected chi connectivity index (χ0v) is 45.2. The van der Waals surface area contributed by atoms with Crippen LogP contribution in [0.5, 0.6) is 0 Å². The highest BCUT2D eigenvalue weighted by atomic mass is 33.1. The first-order valence-electron chi connectivity index (χ1n) is 24.5. The average Bonchev–Trinajstić information content (AvgIpc) is 4.02. The molecule has 2 aromatic rings. The summed E-state index contributed by atoms with van der Waals surface area (Å²) >= 11 is 1.42. The molecular weight excluding hydrogens is 905 g/mol. The number of ketones is 3. The quantitative estimate of drug-likeness (QED) is 0.0308. The topological polar surface area (TPSA) is 143 Å². The van der Waals surface area contributed by atoms with Crippen LogP contribution in [-0.4, -0.2) is 126 Å². The van der Waals surface area contributed by atoms with Crippen molar-refractivity contribution in [2.45, 2.75) is 157 Å². The Morgan fingerprint density at radius 1 is 0.866 bits per heavy atom. The fraction of sp³-hybridized carbons (Fsp3) is 0.712. The van der Waals surface area contributed by atoms with Gasteiger partial charge in [0.1, 0.15) is 17.3 Å². The average molecular weight is 987 g/mol. The standard InChI is InChI=1S/C52H82N4O8S3/c1-14-35(7)49(55(11)52(62)40(34(5)6)29-45(59)36(8)33(3)4)46(63-12)30-48(61)56-25-19-23-42(56)50(64-13)37(9)44(58)28-39(27-38-21-17-16-18-22-38)51-53-41(31-65-51)43(57)24-20-26-66-67-32-54(10)47(60)15-2/h16-18,21-22,31,33-37,39-40,42,46,49-50H,14-15,19-20,23-30,32H2,1-13H3. The lowest BCUT2D eigenvalue weighted by atomic mass is 9.82. The first-order chi connectivity index (χ1) is 31.8. The van der Waals surface area contributed by atoms with Crippen LogP contribution in [0.4, 0.5) is 0 Å². The Morgan fingerprint density at radius 2 is 1.54 bits per heavy atom. The number of thiazole rings is 1. The number of ether oxygens (including phenoxy) is 2. The highest BCUT2D eigenvalue weighted by molar-refractivity contribution is 8.76. The molecule has 2 heterocycles. The minimum Gasteiger partial charge on any atom is -0.379 e. The molecule has 1 saturated heterocycles. The van der Waals surface area contributed by atoms with Crippen LogP contribution < -0.4 is 0 Å². The van der Waals surface area contributed by atoms with Crippen LogP contribution in [0.3, 0.4) is 0 Å². The van der Waals surface area contributed by atoms with Gasteiger partial charge < -0.3 is 24.2 Å². The molecule has 0 saturated carbocycles. The van der Waals surface area contributed by atoms with Gasteiger partial charge in [0.25, 0.3) is 0 Å². The highest BCUT2D eigenvalue weighted by Crippen LogP contribution is 2.34. The van der Waals surface area contributed by atoms with Crippen LogP contribution in [0, 0.1) is 35.5 Å². The first kappa shape index (κ1) is 58.2. The van der Waals surface area contributed by atoms with Crippen molar-refractivity contribution in [2.24, 2.45) is 35.5 Å². The summed E-state index contributed by atoms with van der Waals surface area (Å²) in [5, 5.41) is 2.55. The fourth-order valence-electron chi connectivity index (χ4n) is 9.10. The Hall–Kier alpha value is -3.11. The Kier molecular flexibility index (Phi) is 25.3. The number of hydrogen-bond donors (Lipinski definition) is 0. The van der Waals surface area contributed by atoms with Crippen molar-refractivity contribution in [1.82, 2.24) is 19.7 Å². The molecule has 0 N–H and O–H groups in total. The number of Topliss-reactive ketones (excluding diaryl/α,β-unsaturated/α-hetero) is 3. The zero-order valence-electron chi connectivity index (χ0n) is 42.8. The molecule has 1 aromatic heterocycles. The molecule has 1 aliphatic rings. The number of likely N-dealkylation sites (N-methyl/N-ethyl adjacent to an activating group) is 1. The molecule has 0 spiro atoms. The van der Waals surface area contributed by atoms with Crippen LogP contribution >= 0.6 is 32.9 Å². The summed E-state index contributed by atoms with van der Waals surface area (Å²) in [6.07, 6.45) is 3.59.